The van der Waals surface area contributed by atoms with E-state index in [-0.39, 0.29) is 11.7 Å². The zero-order valence-electron chi connectivity index (χ0n) is 10.7. The maximum Gasteiger partial charge on any atom is 0.289 e. The highest BCUT2D eigenvalue weighted by atomic mass is 32.1. The molecule has 3 nitrogen and oxygen atoms in total. The Balaban J connectivity index is 2.18. The fraction of sp³-hybridized carbons (Fsp3) is 0.143. The summed E-state index contributed by atoms with van der Waals surface area (Å²) in [5.74, 6) is -0.535. The topological polar surface area (TPSA) is 34.4 Å². The van der Waals surface area contributed by atoms with Gasteiger partial charge < -0.3 is 4.57 Å². The number of thiophene rings is 1. The molecule has 0 spiro atoms. The number of carbonyl (C=O) groups is 1. The van der Waals surface area contributed by atoms with Crippen molar-refractivity contribution in [2.75, 3.05) is 0 Å². The standard InChI is InChI=1S/C14H11FN2OS2/c1-2-17-10-6-5-9(15)8-12(10)20-14(17)16-13(18)11-4-3-7-19-11/h3-8H,2H2,1H3. The first-order valence-electron chi connectivity index (χ1n) is 6.10. The van der Waals surface area contributed by atoms with Crippen molar-refractivity contribution in [2.24, 2.45) is 4.99 Å². The lowest BCUT2D eigenvalue weighted by Crippen LogP contribution is -2.15. The van der Waals surface area contributed by atoms with E-state index in [1.165, 1.54) is 34.8 Å². The monoisotopic (exact) mass is 306 g/mol. The van der Waals surface area contributed by atoms with Gasteiger partial charge in [0.2, 0.25) is 0 Å². The van der Waals surface area contributed by atoms with Crippen molar-refractivity contribution in [3.05, 3.63) is 51.2 Å². The van der Waals surface area contributed by atoms with Gasteiger partial charge in [-0.15, -0.1) is 11.3 Å². The summed E-state index contributed by atoms with van der Waals surface area (Å²) in [6.45, 7) is 2.66. The molecule has 2 heterocycles. The molecule has 0 atom stereocenters. The number of aryl methyl sites for hydroxylation is 1. The average molecular weight is 306 g/mol. The van der Waals surface area contributed by atoms with E-state index in [0.29, 0.717) is 16.2 Å². The molecule has 1 amide bonds. The maximum absolute atomic E-state index is 13.3. The average Bonchev–Trinajstić information content (AvgIpc) is 3.04. The molecular formula is C14H11FN2OS2. The summed E-state index contributed by atoms with van der Waals surface area (Å²) in [7, 11) is 0. The van der Waals surface area contributed by atoms with Crippen molar-refractivity contribution in [2.45, 2.75) is 13.5 Å². The number of nitrogens with zero attached hydrogens (tertiary/aromatic N) is 2. The lowest BCUT2D eigenvalue weighted by molar-refractivity contribution is 0.100. The van der Waals surface area contributed by atoms with Gasteiger partial charge in [0.05, 0.1) is 15.1 Å². The molecule has 1 aromatic carbocycles. The number of aromatic nitrogens is 1. The van der Waals surface area contributed by atoms with E-state index in [1.807, 2.05) is 22.9 Å². The quantitative estimate of drug-likeness (QED) is 0.711. The molecule has 0 fully saturated rings. The Morgan fingerprint density at radius 3 is 2.95 bits per heavy atom. The van der Waals surface area contributed by atoms with Crippen LogP contribution in [0.25, 0.3) is 10.2 Å². The third kappa shape index (κ3) is 2.32. The van der Waals surface area contributed by atoms with Crippen LogP contribution in [-0.4, -0.2) is 10.5 Å². The number of hydrogen-bond donors (Lipinski definition) is 0. The van der Waals surface area contributed by atoms with Gasteiger partial charge in [-0.1, -0.05) is 17.4 Å². The van der Waals surface area contributed by atoms with Gasteiger partial charge in [0.15, 0.2) is 4.80 Å². The Hall–Kier alpha value is -1.79. The highest BCUT2D eigenvalue weighted by molar-refractivity contribution is 7.16. The third-order valence-corrected chi connectivity index (χ3v) is 4.79. The Labute approximate surface area is 122 Å². The summed E-state index contributed by atoms with van der Waals surface area (Å²) < 4.78 is 16.0. The number of carbonyl (C=O) groups excluding carboxylic acids is 1. The minimum atomic E-state index is -0.280. The first kappa shape index (κ1) is 13.2. The molecule has 6 heteroatoms. The number of rotatable bonds is 2. The molecule has 3 rings (SSSR count). The molecule has 0 aliphatic carbocycles. The van der Waals surface area contributed by atoms with Crippen LogP contribution in [-0.2, 0) is 6.54 Å². The second kappa shape index (κ2) is 5.30. The second-order valence-electron chi connectivity index (χ2n) is 4.14. The minimum absolute atomic E-state index is 0.255. The Morgan fingerprint density at radius 1 is 1.40 bits per heavy atom. The predicted molar refractivity (Wildman–Crippen MR) is 79.7 cm³/mol. The van der Waals surface area contributed by atoms with Gasteiger partial charge in [0.25, 0.3) is 5.91 Å². The van der Waals surface area contributed by atoms with E-state index >= 15 is 0 Å². The number of halogens is 1. The maximum atomic E-state index is 13.3. The molecular weight excluding hydrogens is 295 g/mol. The van der Waals surface area contributed by atoms with Gasteiger partial charge in [0, 0.05) is 6.54 Å². The molecule has 2 aromatic heterocycles. The van der Waals surface area contributed by atoms with E-state index in [2.05, 4.69) is 4.99 Å². The van der Waals surface area contributed by atoms with Crippen molar-refractivity contribution in [1.82, 2.24) is 4.57 Å². The zero-order valence-corrected chi connectivity index (χ0v) is 12.3. The van der Waals surface area contributed by atoms with Crippen molar-refractivity contribution in [3.8, 4) is 0 Å². The fourth-order valence-corrected chi connectivity index (χ4v) is 3.70. The third-order valence-electron chi connectivity index (χ3n) is 2.89. The first-order chi connectivity index (χ1) is 9.69. The second-order valence-corrected chi connectivity index (χ2v) is 6.09. The van der Waals surface area contributed by atoms with Gasteiger partial charge in [-0.05, 0) is 36.6 Å². The molecule has 0 saturated heterocycles. The lowest BCUT2D eigenvalue weighted by Gasteiger charge is -1.99. The Kier molecular flexibility index (Phi) is 3.50. The predicted octanol–water partition coefficient (Wildman–Crippen LogP) is 3.66. The number of fused-ring (bicyclic) bond motifs is 1. The molecule has 0 unspecified atom stereocenters. The molecule has 0 aliphatic heterocycles. The van der Waals surface area contributed by atoms with E-state index in [4.69, 9.17) is 0 Å². The number of amides is 1. The summed E-state index contributed by atoms with van der Waals surface area (Å²) in [4.78, 5) is 17.4. The van der Waals surface area contributed by atoms with Crippen LogP contribution in [0, 0.1) is 5.82 Å². The Bertz CT molecular complexity index is 831. The smallest absolute Gasteiger partial charge is 0.289 e. The van der Waals surface area contributed by atoms with Crippen molar-refractivity contribution in [3.63, 3.8) is 0 Å². The van der Waals surface area contributed by atoms with Crippen molar-refractivity contribution < 1.29 is 9.18 Å². The lowest BCUT2D eigenvalue weighted by atomic mass is 10.3. The van der Waals surface area contributed by atoms with Crippen LogP contribution in [0.2, 0.25) is 0 Å². The van der Waals surface area contributed by atoms with Crippen LogP contribution < -0.4 is 4.80 Å². The molecule has 0 saturated carbocycles. The first-order valence-corrected chi connectivity index (χ1v) is 7.80. The molecule has 3 aromatic rings. The van der Waals surface area contributed by atoms with Crippen LogP contribution in [0.15, 0.2) is 40.7 Å². The SMILES string of the molecule is CCn1c(=NC(=O)c2cccs2)sc2cc(F)ccc21. The van der Waals surface area contributed by atoms with E-state index in [0.717, 1.165) is 10.2 Å². The Morgan fingerprint density at radius 2 is 2.25 bits per heavy atom. The van der Waals surface area contributed by atoms with Crippen molar-refractivity contribution >= 4 is 38.8 Å². The summed E-state index contributed by atoms with van der Waals surface area (Å²) in [6, 6.07) is 8.19. The number of hydrogen-bond acceptors (Lipinski definition) is 3. The van der Waals surface area contributed by atoms with Crippen molar-refractivity contribution in [1.29, 1.82) is 0 Å². The highest BCUT2D eigenvalue weighted by Gasteiger charge is 2.09. The van der Waals surface area contributed by atoms with Crippen LogP contribution in [0.4, 0.5) is 4.39 Å². The van der Waals surface area contributed by atoms with Crippen LogP contribution in [0.5, 0.6) is 0 Å². The minimum Gasteiger partial charge on any atom is -0.317 e. The molecule has 102 valence electrons. The molecule has 0 radical (unpaired) electrons. The molecule has 20 heavy (non-hydrogen) atoms. The molecule has 0 bridgehead atoms. The highest BCUT2D eigenvalue weighted by Crippen LogP contribution is 2.19. The normalized spacial score (nSPS) is 12.2. The largest absolute Gasteiger partial charge is 0.317 e. The summed E-state index contributed by atoms with van der Waals surface area (Å²) >= 11 is 2.69. The van der Waals surface area contributed by atoms with E-state index < -0.39 is 0 Å². The van der Waals surface area contributed by atoms with E-state index in [9.17, 15) is 9.18 Å². The molecule has 0 aliphatic rings. The van der Waals surface area contributed by atoms with Gasteiger partial charge in [-0.2, -0.15) is 4.99 Å². The summed E-state index contributed by atoms with van der Waals surface area (Å²) in [5, 5.41) is 1.84. The van der Waals surface area contributed by atoms with Crippen LogP contribution in [0.3, 0.4) is 0 Å². The van der Waals surface area contributed by atoms with E-state index in [1.54, 1.807) is 12.1 Å². The number of benzene rings is 1. The zero-order chi connectivity index (χ0) is 14.1. The summed E-state index contributed by atoms with van der Waals surface area (Å²) in [6.07, 6.45) is 0. The molecule has 0 N–H and O–H groups in total. The fourth-order valence-electron chi connectivity index (χ4n) is 1.98. The number of thiazole rings is 1. The van der Waals surface area contributed by atoms with Crippen LogP contribution in [0.1, 0.15) is 16.6 Å². The van der Waals surface area contributed by atoms with Gasteiger partial charge in [0.1, 0.15) is 5.82 Å². The summed E-state index contributed by atoms with van der Waals surface area (Å²) in [5.41, 5.74) is 0.900. The van der Waals surface area contributed by atoms with Gasteiger partial charge in [-0.25, -0.2) is 4.39 Å². The van der Waals surface area contributed by atoms with Gasteiger partial charge in [-0.3, -0.25) is 4.79 Å². The van der Waals surface area contributed by atoms with Gasteiger partial charge >= 0.3 is 0 Å². The van der Waals surface area contributed by atoms with Crippen LogP contribution >= 0.6 is 22.7 Å².